The maximum absolute atomic E-state index is 12.0. The van der Waals surface area contributed by atoms with E-state index in [1.165, 1.54) is 0 Å². The number of rotatable bonds is 5. The van der Waals surface area contributed by atoms with Gasteiger partial charge in [-0.25, -0.2) is 0 Å². The summed E-state index contributed by atoms with van der Waals surface area (Å²) in [6.45, 7) is 8.87. The van der Waals surface area contributed by atoms with Gasteiger partial charge in [-0.15, -0.1) is 0 Å². The number of hydrogen-bond acceptors (Lipinski definition) is 3. The van der Waals surface area contributed by atoms with Crippen LogP contribution < -0.4 is 5.32 Å². The smallest absolute Gasteiger partial charge is 0.246 e. The zero-order chi connectivity index (χ0) is 13.1. The summed E-state index contributed by atoms with van der Waals surface area (Å²) in [5.74, 6) is -0.158. The lowest BCUT2D eigenvalue weighted by molar-refractivity contribution is -0.155. The van der Waals surface area contributed by atoms with Crippen LogP contribution in [0.2, 0.25) is 0 Å². The highest BCUT2D eigenvalue weighted by Crippen LogP contribution is 2.20. The Kier molecular flexibility index (Phi) is 4.51. The molecule has 1 aliphatic heterocycles. The molecule has 0 aromatic heterocycles. The van der Waals surface area contributed by atoms with E-state index in [1.54, 1.807) is 25.7 Å². The van der Waals surface area contributed by atoms with Crippen molar-refractivity contribution >= 4 is 11.8 Å². The van der Waals surface area contributed by atoms with Crippen molar-refractivity contribution in [1.29, 1.82) is 0 Å². The fourth-order valence-electron chi connectivity index (χ4n) is 1.86. The lowest BCUT2D eigenvalue weighted by Gasteiger charge is -2.43. The summed E-state index contributed by atoms with van der Waals surface area (Å²) < 4.78 is 5.37. The van der Waals surface area contributed by atoms with Gasteiger partial charge < -0.3 is 15.0 Å². The van der Waals surface area contributed by atoms with Crippen molar-refractivity contribution in [3.8, 4) is 0 Å². The molecule has 1 N–H and O–H groups in total. The molecule has 0 spiro atoms. The molecule has 17 heavy (non-hydrogen) atoms. The molecule has 0 aromatic carbocycles. The maximum atomic E-state index is 12.0. The summed E-state index contributed by atoms with van der Waals surface area (Å²) in [5.41, 5.74) is -0.792. The number of carbonyl (C=O) groups is 2. The topological polar surface area (TPSA) is 58.6 Å². The van der Waals surface area contributed by atoms with Gasteiger partial charge in [0, 0.05) is 13.2 Å². The molecule has 2 amide bonds. The van der Waals surface area contributed by atoms with Crippen LogP contribution in [0.1, 0.15) is 34.1 Å². The Balaban J connectivity index is 2.64. The Labute approximate surface area is 102 Å². The molecule has 1 aliphatic rings. The lowest BCUT2D eigenvalue weighted by atomic mass is 9.96. The Hall–Kier alpha value is -1.10. The summed E-state index contributed by atoms with van der Waals surface area (Å²) in [6, 6.07) is -0.443. The molecule has 0 bridgehead atoms. The highest BCUT2D eigenvalue weighted by atomic mass is 16.5. The van der Waals surface area contributed by atoms with E-state index in [0.29, 0.717) is 19.8 Å². The molecule has 0 saturated carbocycles. The number of piperazine rings is 1. The van der Waals surface area contributed by atoms with Gasteiger partial charge in [-0.3, -0.25) is 9.59 Å². The average Bonchev–Trinajstić information content (AvgIpc) is 2.26. The Morgan fingerprint density at radius 2 is 2.00 bits per heavy atom. The summed E-state index contributed by atoms with van der Waals surface area (Å²) in [6.07, 6.45) is 0.953. The monoisotopic (exact) mass is 242 g/mol. The van der Waals surface area contributed by atoms with Gasteiger partial charge in [-0.2, -0.15) is 0 Å². The minimum absolute atomic E-state index is 0.0466. The highest BCUT2D eigenvalue weighted by molar-refractivity contribution is 5.99. The predicted octanol–water partition coefficient (Wildman–Crippen LogP) is 0.539. The van der Waals surface area contributed by atoms with E-state index in [4.69, 9.17) is 4.74 Å². The van der Waals surface area contributed by atoms with E-state index in [1.807, 2.05) is 6.92 Å². The second-order valence-electron chi connectivity index (χ2n) is 4.86. The van der Waals surface area contributed by atoms with Crippen molar-refractivity contribution in [3.63, 3.8) is 0 Å². The van der Waals surface area contributed by atoms with E-state index in [-0.39, 0.29) is 11.8 Å². The van der Waals surface area contributed by atoms with Crippen molar-refractivity contribution in [2.45, 2.75) is 45.7 Å². The predicted molar refractivity (Wildman–Crippen MR) is 64.5 cm³/mol. The summed E-state index contributed by atoms with van der Waals surface area (Å²) in [7, 11) is 0. The standard InChI is InChI=1S/C12H22N2O3/c1-5-7-17-8-6-14-10(15)9(2)13-11(16)12(14,3)4/h9H,5-8H2,1-4H3,(H,13,16). The molecule has 1 unspecified atom stereocenters. The average molecular weight is 242 g/mol. The molecule has 1 fully saturated rings. The van der Waals surface area contributed by atoms with Gasteiger partial charge in [-0.1, -0.05) is 6.92 Å². The van der Waals surface area contributed by atoms with Crippen molar-refractivity contribution in [3.05, 3.63) is 0 Å². The Bertz CT molecular complexity index is 302. The van der Waals surface area contributed by atoms with Crippen LogP contribution in [0, 0.1) is 0 Å². The van der Waals surface area contributed by atoms with Crippen LogP contribution >= 0.6 is 0 Å². The van der Waals surface area contributed by atoms with Crippen LogP contribution in [-0.2, 0) is 14.3 Å². The second-order valence-corrected chi connectivity index (χ2v) is 4.86. The SMILES string of the molecule is CCCOCCN1C(=O)C(C)NC(=O)C1(C)C. The first-order chi connectivity index (χ1) is 7.91. The van der Waals surface area contributed by atoms with Crippen LogP contribution in [0.5, 0.6) is 0 Å². The van der Waals surface area contributed by atoms with Gasteiger partial charge >= 0.3 is 0 Å². The quantitative estimate of drug-likeness (QED) is 0.716. The minimum Gasteiger partial charge on any atom is -0.380 e. The Morgan fingerprint density at radius 3 is 2.59 bits per heavy atom. The van der Waals surface area contributed by atoms with Crippen LogP contribution in [-0.4, -0.2) is 48.1 Å². The number of carbonyl (C=O) groups excluding carboxylic acids is 2. The summed E-state index contributed by atoms with van der Waals surface area (Å²) in [4.78, 5) is 25.4. The molecular formula is C12H22N2O3. The van der Waals surface area contributed by atoms with Gasteiger partial charge in [0.25, 0.3) is 0 Å². The van der Waals surface area contributed by atoms with Crippen molar-refractivity contribution < 1.29 is 14.3 Å². The number of nitrogens with one attached hydrogen (secondary N) is 1. The Morgan fingerprint density at radius 1 is 1.35 bits per heavy atom. The third-order valence-corrected chi connectivity index (χ3v) is 3.02. The van der Waals surface area contributed by atoms with Crippen molar-refractivity contribution in [1.82, 2.24) is 10.2 Å². The van der Waals surface area contributed by atoms with E-state index < -0.39 is 11.6 Å². The molecule has 0 aromatic rings. The summed E-state index contributed by atoms with van der Waals surface area (Å²) >= 11 is 0. The zero-order valence-electron chi connectivity index (χ0n) is 11.1. The van der Waals surface area contributed by atoms with Gasteiger partial charge in [0.2, 0.25) is 11.8 Å². The fraction of sp³-hybridized carbons (Fsp3) is 0.833. The molecule has 5 nitrogen and oxygen atoms in total. The molecule has 1 atom stereocenters. The molecule has 0 aliphatic carbocycles. The van der Waals surface area contributed by atoms with Gasteiger partial charge in [-0.05, 0) is 27.2 Å². The normalized spacial score (nSPS) is 23.8. The first-order valence-corrected chi connectivity index (χ1v) is 6.11. The van der Waals surface area contributed by atoms with Crippen LogP contribution in [0.15, 0.2) is 0 Å². The zero-order valence-corrected chi connectivity index (χ0v) is 11.1. The molecule has 1 saturated heterocycles. The van der Waals surface area contributed by atoms with E-state index in [2.05, 4.69) is 5.32 Å². The highest BCUT2D eigenvalue weighted by Gasteiger charge is 2.44. The largest absolute Gasteiger partial charge is 0.380 e. The van der Waals surface area contributed by atoms with E-state index in [0.717, 1.165) is 6.42 Å². The maximum Gasteiger partial charge on any atom is 0.246 e. The molecule has 5 heteroatoms. The van der Waals surface area contributed by atoms with Gasteiger partial charge in [0.05, 0.1) is 6.61 Å². The van der Waals surface area contributed by atoms with Crippen LogP contribution in [0.3, 0.4) is 0 Å². The molecule has 1 heterocycles. The van der Waals surface area contributed by atoms with Crippen molar-refractivity contribution in [2.24, 2.45) is 0 Å². The third kappa shape index (κ3) is 2.97. The van der Waals surface area contributed by atoms with E-state index >= 15 is 0 Å². The first kappa shape index (κ1) is 14.0. The summed E-state index contributed by atoms with van der Waals surface area (Å²) in [5, 5.41) is 2.68. The second kappa shape index (κ2) is 5.49. The molecule has 98 valence electrons. The molecular weight excluding hydrogens is 220 g/mol. The lowest BCUT2D eigenvalue weighted by Crippen LogP contribution is -2.68. The molecule has 1 rings (SSSR count). The third-order valence-electron chi connectivity index (χ3n) is 3.02. The van der Waals surface area contributed by atoms with E-state index in [9.17, 15) is 9.59 Å². The van der Waals surface area contributed by atoms with Crippen LogP contribution in [0.4, 0.5) is 0 Å². The minimum atomic E-state index is -0.792. The molecule has 0 radical (unpaired) electrons. The van der Waals surface area contributed by atoms with Crippen molar-refractivity contribution in [2.75, 3.05) is 19.8 Å². The number of ether oxygens (including phenoxy) is 1. The first-order valence-electron chi connectivity index (χ1n) is 6.11. The van der Waals surface area contributed by atoms with Crippen LogP contribution in [0.25, 0.3) is 0 Å². The number of nitrogens with zero attached hydrogens (tertiary/aromatic N) is 1. The fourth-order valence-corrected chi connectivity index (χ4v) is 1.86. The number of hydrogen-bond donors (Lipinski definition) is 1. The van der Waals surface area contributed by atoms with Gasteiger partial charge in [0.15, 0.2) is 0 Å². The van der Waals surface area contributed by atoms with Gasteiger partial charge in [0.1, 0.15) is 11.6 Å². The number of amides is 2.